The van der Waals surface area contributed by atoms with Crippen LogP contribution in [0.4, 0.5) is 0 Å². The van der Waals surface area contributed by atoms with Crippen LogP contribution in [0, 0.1) is 13.8 Å². The number of nitrogens with one attached hydrogen (secondary N) is 2. The molecule has 0 saturated heterocycles. The Hall–Kier alpha value is -1.90. The summed E-state index contributed by atoms with van der Waals surface area (Å²) in [7, 11) is -3.83. The Morgan fingerprint density at radius 3 is 2.69 bits per heavy atom. The predicted octanol–water partition coefficient (Wildman–Crippen LogP) is 2.36. The largest absolute Gasteiger partial charge is 0.360 e. The average Bonchev–Trinajstić information content (AvgIpc) is 2.92. The van der Waals surface area contributed by atoms with Gasteiger partial charge < -0.3 is 9.84 Å². The van der Waals surface area contributed by atoms with E-state index in [4.69, 9.17) is 16.1 Å². The number of unbranched alkanes of at least 4 members (excludes halogenated alkanes) is 1. The normalized spacial score (nSPS) is 11.5. The van der Waals surface area contributed by atoms with Crippen molar-refractivity contribution in [2.45, 2.75) is 38.0 Å². The number of aromatic nitrogens is 1. The molecule has 2 aromatic rings. The second-order valence-corrected chi connectivity index (χ2v) is 8.06. The van der Waals surface area contributed by atoms with Crippen LogP contribution in [0.3, 0.4) is 0 Å². The van der Waals surface area contributed by atoms with Crippen molar-refractivity contribution in [2.75, 3.05) is 13.1 Å². The average molecular weight is 400 g/mol. The Balaban J connectivity index is 1.69. The van der Waals surface area contributed by atoms with Crippen molar-refractivity contribution in [2.24, 2.45) is 0 Å². The summed E-state index contributed by atoms with van der Waals surface area (Å²) in [5, 5.41) is 7.01. The van der Waals surface area contributed by atoms with Crippen LogP contribution in [0.15, 0.2) is 33.7 Å². The summed E-state index contributed by atoms with van der Waals surface area (Å²) in [5.74, 6) is -0.195. The van der Waals surface area contributed by atoms with Gasteiger partial charge in [0.05, 0.1) is 6.54 Å². The Morgan fingerprint density at radius 1 is 1.27 bits per heavy atom. The highest BCUT2D eigenvalue weighted by atomic mass is 35.5. The first kappa shape index (κ1) is 20.4. The SMILES string of the molecule is Cc1noc(C)c1S(=O)(=O)NCC(=O)NCCCCc1cccc(Cl)c1. The van der Waals surface area contributed by atoms with Crippen molar-refractivity contribution in [1.29, 1.82) is 0 Å². The molecule has 0 fully saturated rings. The molecule has 26 heavy (non-hydrogen) atoms. The van der Waals surface area contributed by atoms with Gasteiger partial charge in [-0.15, -0.1) is 0 Å². The number of sulfonamides is 1. The molecule has 0 atom stereocenters. The summed E-state index contributed by atoms with van der Waals surface area (Å²) >= 11 is 5.93. The summed E-state index contributed by atoms with van der Waals surface area (Å²) in [6.45, 7) is 3.19. The maximum atomic E-state index is 12.2. The molecular formula is C17H22ClN3O4S. The highest BCUT2D eigenvalue weighted by Crippen LogP contribution is 2.18. The van der Waals surface area contributed by atoms with Crippen LogP contribution < -0.4 is 10.0 Å². The van der Waals surface area contributed by atoms with Gasteiger partial charge in [0.2, 0.25) is 15.9 Å². The van der Waals surface area contributed by atoms with E-state index in [-0.39, 0.29) is 28.8 Å². The molecular weight excluding hydrogens is 378 g/mol. The van der Waals surface area contributed by atoms with E-state index in [2.05, 4.69) is 15.2 Å². The lowest BCUT2D eigenvalue weighted by Crippen LogP contribution is -2.37. The topological polar surface area (TPSA) is 101 Å². The van der Waals surface area contributed by atoms with Gasteiger partial charge in [0, 0.05) is 11.6 Å². The highest BCUT2D eigenvalue weighted by Gasteiger charge is 2.24. The minimum atomic E-state index is -3.83. The summed E-state index contributed by atoms with van der Waals surface area (Å²) in [5.41, 5.74) is 1.41. The fourth-order valence-electron chi connectivity index (χ4n) is 2.53. The lowest BCUT2D eigenvalue weighted by Gasteiger charge is -2.08. The van der Waals surface area contributed by atoms with E-state index in [1.807, 2.05) is 24.3 Å². The Morgan fingerprint density at radius 2 is 2.04 bits per heavy atom. The third-order valence-electron chi connectivity index (χ3n) is 3.76. The van der Waals surface area contributed by atoms with Gasteiger partial charge in [-0.25, -0.2) is 13.1 Å². The van der Waals surface area contributed by atoms with Crippen LogP contribution in [0.1, 0.15) is 29.9 Å². The van der Waals surface area contributed by atoms with Gasteiger partial charge >= 0.3 is 0 Å². The van der Waals surface area contributed by atoms with Gasteiger partial charge in [-0.2, -0.15) is 0 Å². The van der Waals surface area contributed by atoms with Gasteiger partial charge in [0.1, 0.15) is 10.6 Å². The lowest BCUT2D eigenvalue weighted by molar-refractivity contribution is -0.119. The van der Waals surface area contributed by atoms with Gasteiger partial charge in [0.25, 0.3) is 0 Å². The lowest BCUT2D eigenvalue weighted by atomic mass is 10.1. The standard InChI is InChI=1S/C17H22ClN3O4S/c1-12-17(13(2)25-21-12)26(23,24)20-11-16(22)19-9-4-3-6-14-7-5-8-15(18)10-14/h5,7-8,10,20H,3-4,6,9,11H2,1-2H3,(H,19,22). The van der Waals surface area contributed by atoms with E-state index < -0.39 is 10.0 Å². The molecule has 0 aliphatic heterocycles. The molecule has 7 nitrogen and oxygen atoms in total. The maximum absolute atomic E-state index is 12.2. The quantitative estimate of drug-likeness (QED) is 0.630. The van der Waals surface area contributed by atoms with E-state index in [1.54, 1.807) is 0 Å². The second kappa shape index (κ2) is 9.16. The van der Waals surface area contributed by atoms with Gasteiger partial charge in [-0.1, -0.05) is 28.9 Å². The molecule has 1 aromatic heterocycles. The summed E-state index contributed by atoms with van der Waals surface area (Å²) in [6.07, 6.45) is 2.55. The van der Waals surface area contributed by atoms with Gasteiger partial charge in [-0.3, -0.25) is 4.79 Å². The number of rotatable bonds is 9. The van der Waals surface area contributed by atoms with Crippen molar-refractivity contribution in [3.05, 3.63) is 46.3 Å². The smallest absolute Gasteiger partial charge is 0.246 e. The van der Waals surface area contributed by atoms with Crippen LogP contribution in [0.25, 0.3) is 0 Å². The Bertz CT molecular complexity index is 845. The van der Waals surface area contributed by atoms with Crippen molar-refractivity contribution in [1.82, 2.24) is 15.2 Å². The van der Waals surface area contributed by atoms with E-state index in [0.717, 1.165) is 24.8 Å². The molecule has 0 radical (unpaired) electrons. The molecule has 1 heterocycles. The number of hydrogen-bond acceptors (Lipinski definition) is 5. The summed E-state index contributed by atoms with van der Waals surface area (Å²) in [4.78, 5) is 11.8. The third kappa shape index (κ3) is 5.82. The number of halogens is 1. The molecule has 9 heteroatoms. The van der Waals surface area contributed by atoms with E-state index >= 15 is 0 Å². The number of aryl methyl sites for hydroxylation is 3. The highest BCUT2D eigenvalue weighted by molar-refractivity contribution is 7.89. The van der Waals surface area contributed by atoms with Crippen LogP contribution in [0.5, 0.6) is 0 Å². The minimum absolute atomic E-state index is 0.0215. The third-order valence-corrected chi connectivity index (χ3v) is 5.64. The van der Waals surface area contributed by atoms with Crippen molar-refractivity contribution >= 4 is 27.5 Å². The van der Waals surface area contributed by atoms with Gasteiger partial charge in [0.15, 0.2) is 5.76 Å². The number of hydrogen-bond donors (Lipinski definition) is 2. The van der Waals surface area contributed by atoms with Crippen LogP contribution in [0.2, 0.25) is 5.02 Å². The molecule has 1 aromatic carbocycles. The number of carbonyl (C=O) groups excluding carboxylic acids is 1. The molecule has 1 amide bonds. The zero-order valence-corrected chi connectivity index (χ0v) is 16.3. The van der Waals surface area contributed by atoms with Crippen LogP contribution >= 0.6 is 11.6 Å². The Labute approximate surface area is 158 Å². The first-order valence-corrected chi connectivity index (χ1v) is 10.1. The number of amides is 1. The monoisotopic (exact) mass is 399 g/mol. The van der Waals surface area contributed by atoms with E-state index in [0.29, 0.717) is 11.6 Å². The molecule has 0 aliphatic rings. The molecule has 0 bridgehead atoms. The van der Waals surface area contributed by atoms with E-state index in [1.165, 1.54) is 13.8 Å². The summed E-state index contributed by atoms with van der Waals surface area (Å²) in [6, 6.07) is 7.66. The first-order chi connectivity index (χ1) is 12.3. The van der Waals surface area contributed by atoms with E-state index in [9.17, 15) is 13.2 Å². The fourth-order valence-corrected chi connectivity index (χ4v) is 4.05. The fraction of sp³-hybridized carbons (Fsp3) is 0.412. The Kier molecular flexibility index (Phi) is 7.19. The summed E-state index contributed by atoms with van der Waals surface area (Å²) < 4.78 is 31.5. The molecule has 0 spiro atoms. The maximum Gasteiger partial charge on any atom is 0.246 e. The zero-order chi connectivity index (χ0) is 19.2. The van der Waals surface area contributed by atoms with Gasteiger partial charge in [-0.05, 0) is 50.8 Å². The predicted molar refractivity (Wildman–Crippen MR) is 98.6 cm³/mol. The number of nitrogens with zero attached hydrogens (tertiary/aromatic N) is 1. The zero-order valence-electron chi connectivity index (χ0n) is 14.7. The van der Waals surface area contributed by atoms with Crippen molar-refractivity contribution < 1.29 is 17.7 Å². The molecule has 0 aliphatic carbocycles. The molecule has 0 saturated carbocycles. The number of carbonyl (C=O) groups is 1. The second-order valence-electron chi connectivity index (χ2n) is 5.91. The molecule has 0 unspecified atom stereocenters. The van der Waals surface area contributed by atoms with Crippen molar-refractivity contribution in [3.63, 3.8) is 0 Å². The molecule has 142 valence electrons. The minimum Gasteiger partial charge on any atom is -0.360 e. The number of benzene rings is 1. The molecule has 2 rings (SSSR count). The van der Waals surface area contributed by atoms with Crippen LogP contribution in [-0.2, 0) is 21.2 Å². The van der Waals surface area contributed by atoms with Crippen LogP contribution in [-0.4, -0.2) is 32.6 Å². The van der Waals surface area contributed by atoms with Crippen molar-refractivity contribution in [3.8, 4) is 0 Å². The first-order valence-electron chi connectivity index (χ1n) is 8.23. The molecule has 2 N–H and O–H groups in total.